The molecule has 23 heavy (non-hydrogen) atoms. The van der Waals surface area contributed by atoms with Crippen LogP contribution in [0.4, 0.5) is 0 Å². The largest absolute Gasteiger partial charge is 0.496 e. The van der Waals surface area contributed by atoms with Crippen molar-refractivity contribution in [3.8, 4) is 16.3 Å². The highest BCUT2D eigenvalue weighted by atomic mass is 32.1. The number of hydrogen-bond acceptors (Lipinski definition) is 4. The highest BCUT2D eigenvalue weighted by Crippen LogP contribution is 2.37. The fourth-order valence-corrected chi connectivity index (χ4v) is 3.58. The van der Waals surface area contributed by atoms with E-state index in [2.05, 4.69) is 26.8 Å². The third-order valence-corrected chi connectivity index (χ3v) is 4.87. The topological polar surface area (TPSA) is 39.2 Å². The number of fused-ring (bicyclic) bond motifs is 1. The number of hydrogen-bond donors (Lipinski definition) is 0. The van der Waals surface area contributed by atoms with Gasteiger partial charge >= 0.3 is 0 Å². The number of carbonyl (C=O) groups is 1. The lowest BCUT2D eigenvalue weighted by Gasteiger charge is -2.22. The number of ether oxygens (including phenoxy) is 1. The molecular weight excluding hydrogens is 306 g/mol. The van der Waals surface area contributed by atoms with Gasteiger partial charge in [-0.2, -0.15) is 0 Å². The summed E-state index contributed by atoms with van der Waals surface area (Å²) in [7, 11) is 1.70. The van der Waals surface area contributed by atoms with Crippen LogP contribution in [0.15, 0.2) is 36.4 Å². The molecule has 1 aromatic heterocycles. The number of rotatable bonds is 3. The van der Waals surface area contributed by atoms with Gasteiger partial charge in [-0.05, 0) is 41.8 Å². The van der Waals surface area contributed by atoms with Crippen molar-refractivity contribution in [2.24, 2.45) is 0 Å². The molecule has 0 N–H and O–H groups in total. The normalized spacial score (nSPS) is 11.7. The molecule has 0 aliphatic rings. The van der Waals surface area contributed by atoms with Crippen molar-refractivity contribution in [3.63, 3.8) is 0 Å². The Balaban J connectivity index is 2.13. The molecule has 0 spiro atoms. The van der Waals surface area contributed by atoms with Gasteiger partial charge < -0.3 is 4.74 Å². The molecule has 0 atom stereocenters. The van der Waals surface area contributed by atoms with Crippen molar-refractivity contribution in [1.29, 1.82) is 0 Å². The van der Waals surface area contributed by atoms with Gasteiger partial charge in [0.15, 0.2) is 0 Å². The second-order valence-electron chi connectivity index (χ2n) is 6.53. The Morgan fingerprint density at radius 2 is 1.91 bits per heavy atom. The second-order valence-corrected chi connectivity index (χ2v) is 7.56. The molecule has 0 unspecified atom stereocenters. The van der Waals surface area contributed by atoms with E-state index in [9.17, 15) is 4.79 Å². The number of thiazole rings is 1. The number of carbonyl (C=O) groups excluding carboxylic acids is 1. The van der Waals surface area contributed by atoms with Gasteiger partial charge in [0, 0.05) is 16.7 Å². The van der Waals surface area contributed by atoms with Crippen LogP contribution in [-0.4, -0.2) is 18.4 Å². The Kier molecular flexibility index (Phi) is 3.94. The minimum absolute atomic E-state index is 0.0112. The van der Waals surface area contributed by atoms with E-state index in [4.69, 9.17) is 9.72 Å². The molecule has 4 heteroatoms. The lowest BCUT2D eigenvalue weighted by Crippen LogP contribution is -2.12. The van der Waals surface area contributed by atoms with Crippen LogP contribution < -0.4 is 4.74 Å². The highest BCUT2D eigenvalue weighted by Gasteiger charge is 2.20. The number of aromatic nitrogens is 1. The zero-order valence-electron chi connectivity index (χ0n) is 13.7. The van der Waals surface area contributed by atoms with Crippen LogP contribution in [0.2, 0.25) is 0 Å². The molecule has 3 rings (SSSR count). The van der Waals surface area contributed by atoms with Gasteiger partial charge in [0.05, 0.1) is 17.3 Å². The van der Waals surface area contributed by atoms with Gasteiger partial charge in [-0.25, -0.2) is 4.98 Å². The van der Waals surface area contributed by atoms with Crippen molar-refractivity contribution in [2.45, 2.75) is 26.2 Å². The molecule has 0 aliphatic carbocycles. The smallest absolute Gasteiger partial charge is 0.150 e. The molecular formula is C19H19NO2S. The minimum Gasteiger partial charge on any atom is -0.496 e. The van der Waals surface area contributed by atoms with Crippen molar-refractivity contribution in [2.75, 3.05) is 7.11 Å². The predicted molar refractivity (Wildman–Crippen MR) is 95.7 cm³/mol. The van der Waals surface area contributed by atoms with Gasteiger partial charge in [-0.15, -0.1) is 11.3 Å². The first-order valence-electron chi connectivity index (χ1n) is 7.47. The predicted octanol–water partition coefficient (Wildman–Crippen LogP) is 5.08. The monoisotopic (exact) mass is 325 g/mol. The minimum atomic E-state index is -0.0112. The summed E-state index contributed by atoms with van der Waals surface area (Å²) in [6.07, 6.45) is 0.865. The van der Waals surface area contributed by atoms with E-state index in [1.807, 2.05) is 24.3 Å². The molecule has 0 aliphatic heterocycles. The average molecular weight is 325 g/mol. The fraction of sp³-hybridized carbons (Fsp3) is 0.263. The SMILES string of the molecule is COc1ccc(-c2nc3ccc(C=O)cc3s2)cc1C(C)(C)C. The summed E-state index contributed by atoms with van der Waals surface area (Å²) in [5.41, 5.74) is 3.82. The second kappa shape index (κ2) is 5.78. The molecule has 0 radical (unpaired) electrons. The molecule has 3 nitrogen and oxygen atoms in total. The summed E-state index contributed by atoms with van der Waals surface area (Å²) in [6.45, 7) is 6.51. The van der Waals surface area contributed by atoms with Gasteiger partial charge in [-0.1, -0.05) is 20.8 Å². The Labute approximate surface area is 139 Å². The van der Waals surface area contributed by atoms with Crippen LogP contribution in [0.25, 0.3) is 20.8 Å². The Bertz CT molecular complexity index is 875. The number of benzene rings is 2. The molecule has 0 saturated heterocycles. The zero-order chi connectivity index (χ0) is 16.6. The Hall–Kier alpha value is -2.20. The molecule has 3 aromatic rings. The molecule has 118 valence electrons. The van der Waals surface area contributed by atoms with E-state index in [0.29, 0.717) is 5.56 Å². The number of aldehydes is 1. The van der Waals surface area contributed by atoms with Crippen LogP contribution in [0.3, 0.4) is 0 Å². The summed E-state index contributed by atoms with van der Waals surface area (Å²) < 4.78 is 6.52. The standard InChI is InChI=1S/C19H19NO2S/c1-19(2,3)14-10-13(6-8-16(14)22-4)18-20-15-7-5-12(11-21)9-17(15)23-18/h5-11H,1-4H3. The first-order chi connectivity index (χ1) is 10.9. The van der Waals surface area contributed by atoms with Crippen LogP contribution in [-0.2, 0) is 5.41 Å². The van der Waals surface area contributed by atoms with E-state index < -0.39 is 0 Å². The van der Waals surface area contributed by atoms with Crippen molar-refractivity contribution >= 4 is 27.8 Å². The van der Waals surface area contributed by atoms with Crippen molar-refractivity contribution in [1.82, 2.24) is 4.98 Å². The van der Waals surface area contributed by atoms with Crippen LogP contribution in [0.5, 0.6) is 5.75 Å². The number of methoxy groups -OCH3 is 1. The summed E-state index contributed by atoms with van der Waals surface area (Å²) in [6, 6.07) is 11.8. The third kappa shape index (κ3) is 2.99. The average Bonchev–Trinajstić information content (AvgIpc) is 2.96. The molecule has 2 aromatic carbocycles. The number of nitrogens with zero attached hydrogens (tertiary/aromatic N) is 1. The van der Waals surface area contributed by atoms with E-state index in [1.54, 1.807) is 24.5 Å². The van der Waals surface area contributed by atoms with Crippen LogP contribution >= 0.6 is 11.3 Å². The van der Waals surface area contributed by atoms with E-state index in [1.165, 1.54) is 0 Å². The van der Waals surface area contributed by atoms with E-state index >= 15 is 0 Å². The molecule has 0 amide bonds. The summed E-state index contributed by atoms with van der Waals surface area (Å²) >= 11 is 1.60. The summed E-state index contributed by atoms with van der Waals surface area (Å²) in [4.78, 5) is 15.6. The lowest BCUT2D eigenvalue weighted by atomic mass is 9.85. The van der Waals surface area contributed by atoms with Crippen LogP contribution in [0.1, 0.15) is 36.7 Å². The van der Waals surface area contributed by atoms with Crippen molar-refractivity contribution < 1.29 is 9.53 Å². The first-order valence-corrected chi connectivity index (χ1v) is 8.28. The zero-order valence-corrected chi connectivity index (χ0v) is 14.5. The van der Waals surface area contributed by atoms with Crippen LogP contribution in [0, 0.1) is 0 Å². The highest BCUT2D eigenvalue weighted by molar-refractivity contribution is 7.21. The Morgan fingerprint density at radius 1 is 1.13 bits per heavy atom. The molecule has 1 heterocycles. The Morgan fingerprint density at radius 3 is 2.57 bits per heavy atom. The maximum absolute atomic E-state index is 10.9. The third-order valence-electron chi connectivity index (χ3n) is 3.80. The maximum atomic E-state index is 10.9. The first kappa shape index (κ1) is 15.7. The lowest BCUT2D eigenvalue weighted by molar-refractivity contribution is 0.112. The summed E-state index contributed by atoms with van der Waals surface area (Å²) in [5, 5.41) is 0.955. The molecule has 0 saturated carbocycles. The quantitative estimate of drug-likeness (QED) is 0.630. The fourth-order valence-electron chi connectivity index (χ4n) is 2.57. The maximum Gasteiger partial charge on any atom is 0.150 e. The van der Waals surface area contributed by atoms with Gasteiger partial charge in [0.1, 0.15) is 17.0 Å². The summed E-state index contributed by atoms with van der Waals surface area (Å²) in [5.74, 6) is 0.894. The molecule has 0 bridgehead atoms. The van der Waals surface area contributed by atoms with Gasteiger partial charge in [-0.3, -0.25) is 4.79 Å². The van der Waals surface area contributed by atoms with E-state index in [0.717, 1.165) is 38.4 Å². The van der Waals surface area contributed by atoms with Gasteiger partial charge in [0.25, 0.3) is 0 Å². The molecule has 0 fully saturated rings. The van der Waals surface area contributed by atoms with Crippen molar-refractivity contribution in [3.05, 3.63) is 47.5 Å². The van der Waals surface area contributed by atoms with Gasteiger partial charge in [0.2, 0.25) is 0 Å². The van der Waals surface area contributed by atoms with E-state index in [-0.39, 0.29) is 5.41 Å².